The molecule has 120 valence electrons. The molecular formula is C15H13NO5S2. The number of thioether (sulfide) groups is 1. The molecule has 0 bridgehead atoms. The monoisotopic (exact) mass is 351 g/mol. The van der Waals surface area contributed by atoms with Crippen LogP contribution in [0.4, 0.5) is 0 Å². The first-order valence-electron chi connectivity index (χ1n) is 6.58. The van der Waals surface area contributed by atoms with Crippen LogP contribution in [0.25, 0.3) is 6.08 Å². The van der Waals surface area contributed by atoms with E-state index in [0.29, 0.717) is 0 Å². The zero-order valence-corrected chi connectivity index (χ0v) is 13.7. The molecule has 1 aromatic rings. The highest BCUT2D eigenvalue weighted by atomic mass is 32.2. The van der Waals surface area contributed by atoms with Crippen molar-refractivity contribution in [3.05, 3.63) is 40.3 Å². The van der Waals surface area contributed by atoms with Crippen LogP contribution in [0, 0.1) is 6.92 Å². The summed E-state index contributed by atoms with van der Waals surface area (Å²) in [5, 5.41) is 18.0. The van der Waals surface area contributed by atoms with Crippen LogP contribution in [-0.4, -0.2) is 43.3 Å². The van der Waals surface area contributed by atoms with Crippen LogP contribution in [0.15, 0.2) is 29.2 Å². The maximum absolute atomic E-state index is 12.4. The van der Waals surface area contributed by atoms with E-state index >= 15 is 0 Å². The van der Waals surface area contributed by atoms with Crippen molar-refractivity contribution in [3.8, 4) is 0 Å². The molecule has 0 aliphatic carbocycles. The molecule has 0 aromatic heterocycles. The molecule has 1 saturated heterocycles. The van der Waals surface area contributed by atoms with Crippen LogP contribution in [0.1, 0.15) is 17.5 Å². The first kappa shape index (κ1) is 17.2. The highest BCUT2D eigenvalue weighted by Crippen LogP contribution is 2.34. The molecule has 1 fully saturated rings. The first-order chi connectivity index (χ1) is 10.8. The number of benzene rings is 1. The summed E-state index contributed by atoms with van der Waals surface area (Å²) < 4.78 is 0.0440. The Bertz CT molecular complexity index is 728. The summed E-state index contributed by atoms with van der Waals surface area (Å²) in [6.07, 6.45) is 0.908. The summed E-state index contributed by atoms with van der Waals surface area (Å²) >= 11 is 6.02. The predicted octanol–water partition coefficient (Wildman–Crippen LogP) is 2.12. The number of carboxylic acid groups (broad SMARTS) is 2. The molecule has 1 atom stereocenters. The number of rotatable bonds is 5. The molecule has 0 spiro atoms. The van der Waals surface area contributed by atoms with Crippen LogP contribution in [0.5, 0.6) is 0 Å². The van der Waals surface area contributed by atoms with E-state index in [1.807, 2.05) is 31.2 Å². The molecule has 8 heteroatoms. The van der Waals surface area contributed by atoms with E-state index in [0.717, 1.165) is 27.8 Å². The van der Waals surface area contributed by atoms with E-state index in [-0.39, 0.29) is 9.23 Å². The van der Waals surface area contributed by atoms with E-state index < -0.39 is 30.3 Å². The average molecular weight is 351 g/mol. The summed E-state index contributed by atoms with van der Waals surface area (Å²) in [4.78, 5) is 35.7. The summed E-state index contributed by atoms with van der Waals surface area (Å²) in [5.41, 5.74) is 1.80. The van der Waals surface area contributed by atoms with Crippen LogP contribution in [0.2, 0.25) is 0 Å². The third-order valence-corrected chi connectivity index (χ3v) is 4.46. The van der Waals surface area contributed by atoms with E-state index in [9.17, 15) is 19.5 Å². The number of aryl methyl sites for hydroxylation is 1. The van der Waals surface area contributed by atoms with E-state index in [1.165, 1.54) is 0 Å². The molecule has 6 nitrogen and oxygen atoms in total. The molecule has 1 amide bonds. The summed E-state index contributed by atoms with van der Waals surface area (Å²) in [5.74, 6) is -3.30. The Morgan fingerprint density at radius 1 is 1.39 bits per heavy atom. The van der Waals surface area contributed by atoms with Gasteiger partial charge in [0.25, 0.3) is 5.91 Å². The standard InChI is InChI=1S/C15H13NO5S2/c1-8-3-2-4-9(5-8)6-11-13(19)16(15(22)23-11)10(14(20)21)7-12(17)18/h2-6,10H,7H2,1H3,(H,17,18)(H,20,21)/b11-6-/t10-/m0/s1. The Morgan fingerprint density at radius 2 is 2.09 bits per heavy atom. The lowest BCUT2D eigenvalue weighted by atomic mass is 10.1. The number of nitrogens with zero attached hydrogens (tertiary/aromatic N) is 1. The molecule has 0 saturated carbocycles. The number of amides is 1. The van der Waals surface area contributed by atoms with Gasteiger partial charge in [-0.3, -0.25) is 14.5 Å². The third-order valence-electron chi connectivity index (χ3n) is 3.13. The van der Waals surface area contributed by atoms with Crippen LogP contribution in [0.3, 0.4) is 0 Å². The second-order valence-electron chi connectivity index (χ2n) is 4.92. The third kappa shape index (κ3) is 3.96. The van der Waals surface area contributed by atoms with Crippen molar-refractivity contribution >= 4 is 52.2 Å². The van der Waals surface area contributed by atoms with Crippen LogP contribution in [-0.2, 0) is 14.4 Å². The lowest BCUT2D eigenvalue weighted by molar-refractivity contribution is -0.150. The van der Waals surface area contributed by atoms with Crippen molar-refractivity contribution in [2.45, 2.75) is 19.4 Å². The van der Waals surface area contributed by atoms with Gasteiger partial charge in [-0.05, 0) is 18.6 Å². The van der Waals surface area contributed by atoms with Gasteiger partial charge >= 0.3 is 11.9 Å². The fourth-order valence-electron chi connectivity index (χ4n) is 2.11. The minimum atomic E-state index is -1.51. The maximum atomic E-state index is 12.4. The van der Waals surface area contributed by atoms with E-state index in [4.69, 9.17) is 17.3 Å². The molecule has 2 rings (SSSR count). The van der Waals surface area contributed by atoms with Crippen molar-refractivity contribution in [2.75, 3.05) is 0 Å². The molecule has 0 unspecified atom stereocenters. The van der Waals surface area contributed by atoms with Gasteiger partial charge in [0.05, 0.1) is 11.3 Å². The minimum Gasteiger partial charge on any atom is -0.481 e. The molecule has 23 heavy (non-hydrogen) atoms. The topological polar surface area (TPSA) is 94.9 Å². The number of carboxylic acids is 2. The van der Waals surface area contributed by atoms with Gasteiger partial charge in [0, 0.05) is 0 Å². The average Bonchev–Trinajstić information content (AvgIpc) is 2.71. The molecule has 2 N–H and O–H groups in total. The highest BCUT2D eigenvalue weighted by molar-refractivity contribution is 8.26. The van der Waals surface area contributed by atoms with Gasteiger partial charge in [-0.2, -0.15) is 0 Å². The van der Waals surface area contributed by atoms with Crippen molar-refractivity contribution in [3.63, 3.8) is 0 Å². The van der Waals surface area contributed by atoms with Crippen molar-refractivity contribution < 1.29 is 24.6 Å². The molecule has 1 heterocycles. The number of hydrogen-bond acceptors (Lipinski definition) is 5. The number of carbonyl (C=O) groups excluding carboxylic acids is 1. The smallest absolute Gasteiger partial charge is 0.327 e. The second-order valence-corrected chi connectivity index (χ2v) is 6.59. The fraction of sp³-hybridized carbons (Fsp3) is 0.200. The molecule has 1 aliphatic rings. The Labute approximate surface area is 141 Å². The summed E-state index contributed by atoms with van der Waals surface area (Å²) in [6.45, 7) is 1.91. The van der Waals surface area contributed by atoms with Crippen molar-refractivity contribution in [1.82, 2.24) is 4.90 Å². The summed E-state index contributed by atoms with van der Waals surface area (Å²) in [6, 6.07) is 5.93. The number of carbonyl (C=O) groups is 3. The van der Waals surface area contributed by atoms with Crippen molar-refractivity contribution in [1.29, 1.82) is 0 Å². The van der Waals surface area contributed by atoms with Gasteiger partial charge in [0.15, 0.2) is 0 Å². The minimum absolute atomic E-state index is 0.0440. The largest absolute Gasteiger partial charge is 0.481 e. The number of hydrogen-bond donors (Lipinski definition) is 2. The van der Waals surface area contributed by atoms with Crippen LogP contribution >= 0.6 is 24.0 Å². The van der Waals surface area contributed by atoms with Gasteiger partial charge in [-0.25, -0.2) is 4.79 Å². The quantitative estimate of drug-likeness (QED) is 0.620. The van der Waals surface area contributed by atoms with Gasteiger partial charge < -0.3 is 10.2 Å². The molecule has 1 aliphatic heterocycles. The normalized spacial score (nSPS) is 17.6. The zero-order valence-electron chi connectivity index (χ0n) is 12.1. The van der Waals surface area contributed by atoms with Gasteiger partial charge in [-0.15, -0.1) is 0 Å². The fourth-order valence-corrected chi connectivity index (χ4v) is 3.47. The maximum Gasteiger partial charge on any atom is 0.327 e. The summed E-state index contributed by atoms with van der Waals surface area (Å²) in [7, 11) is 0. The number of aliphatic carboxylic acids is 2. The number of thiocarbonyl (C=S) groups is 1. The Kier molecular flexibility index (Phi) is 5.17. The van der Waals surface area contributed by atoms with Gasteiger partial charge in [-0.1, -0.05) is 53.8 Å². The molecule has 1 aromatic carbocycles. The Morgan fingerprint density at radius 3 is 2.65 bits per heavy atom. The predicted molar refractivity (Wildman–Crippen MR) is 89.9 cm³/mol. The molecular weight excluding hydrogens is 338 g/mol. The lowest BCUT2D eigenvalue weighted by Gasteiger charge is -2.21. The molecule has 0 radical (unpaired) electrons. The van der Waals surface area contributed by atoms with Crippen LogP contribution < -0.4 is 0 Å². The van der Waals surface area contributed by atoms with E-state index in [1.54, 1.807) is 6.08 Å². The van der Waals surface area contributed by atoms with Crippen molar-refractivity contribution in [2.24, 2.45) is 0 Å². The van der Waals surface area contributed by atoms with Gasteiger partial charge in [0.2, 0.25) is 0 Å². The lowest BCUT2D eigenvalue weighted by Crippen LogP contribution is -2.45. The second kappa shape index (κ2) is 6.93. The van der Waals surface area contributed by atoms with Gasteiger partial charge in [0.1, 0.15) is 10.4 Å². The first-order valence-corrected chi connectivity index (χ1v) is 7.80. The Balaban J connectivity index is 2.32. The SMILES string of the molecule is Cc1cccc(/C=C2\SC(=S)N([C@@H](CC(=O)O)C(=O)O)C2=O)c1. The Hall–Kier alpha value is -2.19. The highest BCUT2D eigenvalue weighted by Gasteiger charge is 2.41. The van der Waals surface area contributed by atoms with E-state index in [2.05, 4.69) is 0 Å². The zero-order chi connectivity index (χ0) is 17.1.